The largest absolute Gasteiger partial charge is 0.481 e. The van der Waals surface area contributed by atoms with Gasteiger partial charge >= 0.3 is 5.97 Å². The first kappa shape index (κ1) is 12.0. The Hall–Kier alpha value is -1.52. The van der Waals surface area contributed by atoms with Gasteiger partial charge in [-0.1, -0.05) is 18.6 Å². The molecule has 0 amide bonds. The minimum atomic E-state index is -3.47. The van der Waals surface area contributed by atoms with E-state index >= 15 is 0 Å². The average molecular weight is 244 g/mol. The second kappa shape index (κ2) is 3.75. The summed E-state index contributed by atoms with van der Waals surface area (Å²) < 4.78 is 40.9. The molecule has 2 rings (SSSR count). The first-order valence-corrected chi connectivity index (χ1v) is 5.27. The Balaban J connectivity index is 2.41. The van der Waals surface area contributed by atoms with E-state index in [1.165, 1.54) is 0 Å². The molecular formula is C12H11F3O2. The van der Waals surface area contributed by atoms with Crippen molar-refractivity contribution in [1.29, 1.82) is 0 Å². The van der Waals surface area contributed by atoms with E-state index in [-0.39, 0.29) is 12.8 Å². The zero-order valence-electron chi connectivity index (χ0n) is 8.92. The van der Waals surface area contributed by atoms with Crippen LogP contribution < -0.4 is 0 Å². The van der Waals surface area contributed by atoms with Crippen LogP contribution in [-0.2, 0) is 10.7 Å². The van der Waals surface area contributed by atoms with Crippen LogP contribution in [0.15, 0.2) is 24.3 Å². The van der Waals surface area contributed by atoms with Crippen molar-refractivity contribution in [2.24, 2.45) is 5.41 Å². The standard InChI is InChI=1S/C12H11F3O2/c13-9-4-2-8(3-5-9)12(14,15)11(10(16)17)6-1-7-11/h2-5H,1,6-7H2,(H,16,17). The van der Waals surface area contributed by atoms with Crippen molar-refractivity contribution in [2.75, 3.05) is 0 Å². The van der Waals surface area contributed by atoms with E-state index in [0.717, 1.165) is 24.3 Å². The summed E-state index contributed by atoms with van der Waals surface area (Å²) in [4.78, 5) is 11.0. The summed E-state index contributed by atoms with van der Waals surface area (Å²) in [6.45, 7) is 0. The second-order valence-corrected chi connectivity index (χ2v) is 4.32. The summed E-state index contributed by atoms with van der Waals surface area (Å²) in [6, 6.07) is 3.71. The van der Waals surface area contributed by atoms with Crippen LogP contribution >= 0.6 is 0 Å². The van der Waals surface area contributed by atoms with Crippen molar-refractivity contribution in [2.45, 2.75) is 25.2 Å². The van der Waals surface area contributed by atoms with Crippen LogP contribution in [-0.4, -0.2) is 11.1 Å². The summed E-state index contributed by atoms with van der Waals surface area (Å²) in [6.07, 6.45) is 0.377. The summed E-state index contributed by atoms with van der Waals surface area (Å²) in [5.41, 5.74) is -2.47. The summed E-state index contributed by atoms with van der Waals surface area (Å²) in [5, 5.41) is 8.98. The molecule has 1 aliphatic carbocycles. The summed E-state index contributed by atoms with van der Waals surface area (Å²) >= 11 is 0. The third-order valence-corrected chi connectivity index (χ3v) is 3.42. The molecule has 0 aromatic heterocycles. The molecule has 1 aliphatic rings. The SMILES string of the molecule is O=C(O)C1(C(F)(F)c2ccc(F)cc2)CCC1. The molecule has 1 N–H and O–H groups in total. The van der Waals surface area contributed by atoms with Gasteiger partial charge in [-0.15, -0.1) is 0 Å². The third-order valence-electron chi connectivity index (χ3n) is 3.42. The van der Waals surface area contributed by atoms with Gasteiger partial charge in [0.25, 0.3) is 5.92 Å². The van der Waals surface area contributed by atoms with E-state index in [1.807, 2.05) is 0 Å². The Morgan fingerprint density at radius 1 is 1.24 bits per heavy atom. The molecular weight excluding hydrogens is 233 g/mol. The maximum atomic E-state index is 14.1. The maximum absolute atomic E-state index is 14.1. The molecule has 2 nitrogen and oxygen atoms in total. The van der Waals surface area contributed by atoms with Gasteiger partial charge in [0.1, 0.15) is 11.2 Å². The Labute approximate surface area is 96.1 Å². The molecule has 0 unspecified atom stereocenters. The molecule has 0 bridgehead atoms. The van der Waals surface area contributed by atoms with Crippen LogP contribution in [0.3, 0.4) is 0 Å². The van der Waals surface area contributed by atoms with Crippen molar-refractivity contribution >= 4 is 5.97 Å². The van der Waals surface area contributed by atoms with Gasteiger partial charge in [0, 0.05) is 5.56 Å². The van der Waals surface area contributed by atoms with Gasteiger partial charge in [0.05, 0.1) is 0 Å². The first-order chi connectivity index (χ1) is 7.90. The molecule has 0 heterocycles. The minimum Gasteiger partial charge on any atom is -0.481 e. The average Bonchev–Trinajstić information content (AvgIpc) is 2.14. The predicted molar refractivity (Wildman–Crippen MR) is 54.2 cm³/mol. The fraction of sp³-hybridized carbons (Fsp3) is 0.417. The van der Waals surface area contributed by atoms with Crippen LogP contribution in [0.25, 0.3) is 0 Å². The van der Waals surface area contributed by atoms with Crippen molar-refractivity contribution in [3.63, 3.8) is 0 Å². The van der Waals surface area contributed by atoms with Crippen molar-refractivity contribution < 1.29 is 23.1 Å². The Morgan fingerprint density at radius 2 is 1.76 bits per heavy atom. The molecule has 92 valence electrons. The van der Waals surface area contributed by atoms with Crippen molar-refractivity contribution in [1.82, 2.24) is 0 Å². The van der Waals surface area contributed by atoms with Crippen molar-refractivity contribution in [3.05, 3.63) is 35.6 Å². The number of hydrogen-bond donors (Lipinski definition) is 1. The topological polar surface area (TPSA) is 37.3 Å². The number of rotatable bonds is 3. The number of carbonyl (C=O) groups is 1. The van der Waals surface area contributed by atoms with E-state index in [4.69, 9.17) is 5.11 Å². The second-order valence-electron chi connectivity index (χ2n) is 4.32. The van der Waals surface area contributed by atoms with Gasteiger partial charge in [0.15, 0.2) is 0 Å². The number of carboxylic acid groups (broad SMARTS) is 1. The monoisotopic (exact) mass is 244 g/mol. The number of carboxylic acids is 1. The van der Waals surface area contributed by atoms with Crippen LogP contribution in [0, 0.1) is 11.2 Å². The lowest BCUT2D eigenvalue weighted by atomic mass is 9.63. The highest BCUT2D eigenvalue weighted by atomic mass is 19.3. The Kier molecular flexibility index (Phi) is 2.64. The zero-order valence-corrected chi connectivity index (χ0v) is 8.92. The number of benzene rings is 1. The van der Waals surface area contributed by atoms with Gasteiger partial charge in [-0.2, -0.15) is 0 Å². The lowest BCUT2D eigenvalue weighted by Gasteiger charge is -2.43. The van der Waals surface area contributed by atoms with Gasteiger partial charge < -0.3 is 5.11 Å². The molecule has 0 saturated heterocycles. The summed E-state index contributed by atoms with van der Waals surface area (Å²) in [7, 11) is 0. The molecule has 1 aromatic carbocycles. The number of halogens is 3. The number of hydrogen-bond acceptors (Lipinski definition) is 1. The molecule has 5 heteroatoms. The maximum Gasteiger partial charge on any atom is 0.316 e. The summed E-state index contributed by atoms with van der Waals surface area (Å²) in [5.74, 6) is -5.58. The quantitative estimate of drug-likeness (QED) is 0.886. The highest BCUT2D eigenvalue weighted by molar-refractivity contribution is 5.77. The lowest BCUT2D eigenvalue weighted by molar-refractivity contribution is -0.201. The van der Waals surface area contributed by atoms with E-state index in [1.54, 1.807) is 0 Å². The molecule has 0 spiro atoms. The molecule has 1 saturated carbocycles. The highest BCUT2D eigenvalue weighted by Gasteiger charge is 2.63. The van der Waals surface area contributed by atoms with Crippen LogP contribution in [0.1, 0.15) is 24.8 Å². The van der Waals surface area contributed by atoms with E-state index in [2.05, 4.69) is 0 Å². The molecule has 0 radical (unpaired) electrons. The highest BCUT2D eigenvalue weighted by Crippen LogP contribution is 2.57. The van der Waals surface area contributed by atoms with Gasteiger partial charge in [-0.25, -0.2) is 13.2 Å². The zero-order chi connectivity index (χ0) is 12.7. The number of aliphatic carboxylic acids is 1. The van der Waals surface area contributed by atoms with Crippen LogP contribution in [0.2, 0.25) is 0 Å². The lowest BCUT2D eigenvalue weighted by Crippen LogP contribution is -2.50. The Bertz CT molecular complexity index is 436. The smallest absolute Gasteiger partial charge is 0.316 e. The third kappa shape index (κ3) is 1.61. The molecule has 0 aliphatic heterocycles. The Morgan fingerprint density at radius 3 is 2.12 bits per heavy atom. The molecule has 0 atom stereocenters. The van der Waals surface area contributed by atoms with E-state index in [0.29, 0.717) is 6.42 Å². The van der Waals surface area contributed by atoms with Crippen molar-refractivity contribution in [3.8, 4) is 0 Å². The predicted octanol–water partition coefficient (Wildman–Crippen LogP) is 3.17. The van der Waals surface area contributed by atoms with Gasteiger partial charge in [0.2, 0.25) is 0 Å². The van der Waals surface area contributed by atoms with Crippen LogP contribution in [0.4, 0.5) is 13.2 Å². The molecule has 1 fully saturated rings. The number of alkyl halides is 2. The van der Waals surface area contributed by atoms with E-state index in [9.17, 15) is 18.0 Å². The van der Waals surface area contributed by atoms with Crippen LogP contribution in [0.5, 0.6) is 0 Å². The first-order valence-electron chi connectivity index (χ1n) is 5.27. The van der Waals surface area contributed by atoms with E-state index < -0.39 is 28.7 Å². The van der Waals surface area contributed by atoms with Gasteiger partial charge in [-0.05, 0) is 25.0 Å². The minimum absolute atomic E-state index is 0.0489. The fourth-order valence-electron chi connectivity index (χ4n) is 2.13. The molecule has 1 aromatic rings. The normalized spacial score (nSPS) is 18.5. The fourth-order valence-corrected chi connectivity index (χ4v) is 2.13. The van der Waals surface area contributed by atoms with Gasteiger partial charge in [-0.3, -0.25) is 4.79 Å². The molecule has 17 heavy (non-hydrogen) atoms.